The molecule has 2 heteroatoms. The Morgan fingerprint density at radius 3 is 2.44 bits per heavy atom. The molecular formula is C14H22FN. The van der Waals surface area contributed by atoms with E-state index in [4.69, 9.17) is 0 Å². The number of nitrogens with one attached hydrogen (secondary N) is 1. The smallest absolute Gasteiger partial charge is 0.123 e. The summed E-state index contributed by atoms with van der Waals surface area (Å²) in [6, 6.07) is 7.46. The maximum absolute atomic E-state index is 12.7. The van der Waals surface area contributed by atoms with Crippen molar-refractivity contribution in [1.29, 1.82) is 0 Å². The molecule has 0 aliphatic carbocycles. The summed E-state index contributed by atoms with van der Waals surface area (Å²) in [4.78, 5) is 0. The molecule has 16 heavy (non-hydrogen) atoms. The second-order valence-electron chi connectivity index (χ2n) is 4.18. The van der Waals surface area contributed by atoms with Crippen LogP contribution in [-0.4, -0.2) is 12.6 Å². The Kier molecular flexibility index (Phi) is 6.09. The van der Waals surface area contributed by atoms with Crippen LogP contribution < -0.4 is 5.32 Å². The number of hydrogen-bond acceptors (Lipinski definition) is 1. The van der Waals surface area contributed by atoms with Crippen molar-refractivity contribution in [3.63, 3.8) is 0 Å². The van der Waals surface area contributed by atoms with E-state index in [9.17, 15) is 4.39 Å². The van der Waals surface area contributed by atoms with Gasteiger partial charge in [0.25, 0.3) is 0 Å². The molecule has 0 fully saturated rings. The van der Waals surface area contributed by atoms with Crippen molar-refractivity contribution in [2.75, 3.05) is 6.54 Å². The third kappa shape index (κ3) is 4.75. The van der Waals surface area contributed by atoms with Gasteiger partial charge in [0.1, 0.15) is 5.82 Å². The molecule has 1 aromatic carbocycles. The first-order valence-corrected chi connectivity index (χ1v) is 6.24. The lowest BCUT2D eigenvalue weighted by atomic mass is 10.0. The lowest BCUT2D eigenvalue weighted by Crippen LogP contribution is -2.27. The zero-order valence-corrected chi connectivity index (χ0v) is 10.3. The predicted octanol–water partition coefficient (Wildman–Crippen LogP) is 3.54. The molecule has 0 aliphatic rings. The van der Waals surface area contributed by atoms with Gasteiger partial charge in [0.15, 0.2) is 0 Å². The number of rotatable bonds is 7. The van der Waals surface area contributed by atoms with E-state index >= 15 is 0 Å². The maximum Gasteiger partial charge on any atom is 0.123 e. The van der Waals surface area contributed by atoms with Crippen LogP contribution in [0.5, 0.6) is 0 Å². The van der Waals surface area contributed by atoms with Crippen LogP contribution in [-0.2, 0) is 6.42 Å². The monoisotopic (exact) mass is 223 g/mol. The molecule has 0 heterocycles. The molecule has 0 saturated heterocycles. The molecule has 1 rings (SSSR count). The van der Waals surface area contributed by atoms with E-state index in [-0.39, 0.29) is 5.82 Å². The molecule has 1 unspecified atom stereocenters. The van der Waals surface area contributed by atoms with E-state index in [1.165, 1.54) is 30.5 Å². The molecule has 0 spiro atoms. The number of aryl methyl sites for hydroxylation is 1. The van der Waals surface area contributed by atoms with Gasteiger partial charge in [-0.05, 0) is 49.9 Å². The van der Waals surface area contributed by atoms with Gasteiger partial charge in [0, 0.05) is 6.04 Å². The zero-order chi connectivity index (χ0) is 11.8. The van der Waals surface area contributed by atoms with Crippen LogP contribution >= 0.6 is 0 Å². The Labute approximate surface area is 98.1 Å². The quantitative estimate of drug-likeness (QED) is 0.745. The highest BCUT2D eigenvalue weighted by Crippen LogP contribution is 2.09. The van der Waals surface area contributed by atoms with E-state index in [0.717, 1.165) is 19.4 Å². The van der Waals surface area contributed by atoms with Crippen molar-refractivity contribution in [1.82, 2.24) is 5.32 Å². The average molecular weight is 223 g/mol. The summed E-state index contributed by atoms with van der Waals surface area (Å²) < 4.78 is 12.7. The van der Waals surface area contributed by atoms with Crippen LogP contribution in [0.15, 0.2) is 24.3 Å². The summed E-state index contributed by atoms with van der Waals surface area (Å²) in [6.45, 7) is 5.39. The SMILES string of the molecule is CCNC(CC)CCCc1ccc(F)cc1. The van der Waals surface area contributed by atoms with Gasteiger partial charge in [-0.3, -0.25) is 0 Å². The minimum Gasteiger partial charge on any atom is -0.314 e. The Balaban J connectivity index is 2.26. The summed E-state index contributed by atoms with van der Waals surface area (Å²) in [7, 11) is 0. The Morgan fingerprint density at radius 1 is 1.19 bits per heavy atom. The van der Waals surface area contributed by atoms with Crippen molar-refractivity contribution in [2.24, 2.45) is 0 Å². The van der Waals surface area contributed by atoms with Crippen LogP contribution in [0.3, 0.4) is 0 Å². The summed E-state index contributed by atoms with van der Waals surface area (Å²) in [6.07, 6.45) is 4.58. The van der Waals surface area contributed by atoms with Crippen molar-refractivity contribution >= 4 is 0 Å². The van der Waals surface area contributed by atoms with E-state index in [2.05, 4.69) is 19.2 Å². The van der Waals surface area contributed by atoms with Gasteiger partial charge in [-0.2, -0.15) is 0 Å². The fraction of sp³-hybridized carbons (Fsp3) is 0.571. The van der Waals surface area contributed by atoms with Gasteiger partial charge in [-0.25, -0.2) is 4.39 Å². The highest BCUT2D eigenvalue weighted by Gasteiger charge is 2.03. The second kappa shape index (κ2) is 7.39. The van der Waals surface area contributed by atoms with Crippen molar-refractivity contribution in [3.8, 4) is 0 Å². The molecule has 0 aromatic heterocycles. The molecule has 1 N–H and O–H groups in total. The molecular weight excluding hydrogens is 201 g/mol. The average Bonchev–Trinajstić information content (AvgIpc) is 2.30. The van der Waals surface area contributed by atoms with Crippen LogP contribution in [0.25, 0.3) is 0 Å². The molecule has 1 nitrogen and oxygen atoms in total. The zero-order valence-electron chi connectivity index (χ0n) is 10.3. The maximum atomic E-state index is 12.7. The van der Waals surface area contributed by atoms with Gasteiger partial charge in [0.05, 0.1) is 0 Å². The summed E-state index contributed by atoms with van der Waals surface area (Å²) >= 11 is 0. The predicted molar refractivity (Wildman–Crippen MR) is 67.1 cm³/mol. The van der Waals surface area contributed by atoms with Crippen LogP contribution in [0.1, 0.15) is 38.7 Å². The Hall–Kier alpha value is -0.890. The fourth-order valence-corrected chi connectivity index (χ4v) is 1.94. The lowest BCUT2D eigenvalue weighted by Gasteiger charge is -2.15. The number of hydrogen-bond donors (Lipinski definition) is 1. The molecule has 0 saturated carbocycles. The van der Waals surface area contributed by atoms with Gasteiger partial charge < -0.3 is 5.32 Å². The third-order valence-corrected chi connectivity index (χ3v) is 2.92. The van der Waals surface area contributed by atoms with Crippen LogP contribution in [0, 0.1) is 5.82 Å². The fourth-order valence-electron chi connectivity index (χ4n) is 1.94. The minimum absolute atomic E-state index is 0.150. The standard InChI is InChI=1S/C14H22FN/c1-3-14(16-4-2)7-5-6-12-8-10-13(15)11-9-12/h8-11,14,16H,3-7H2,1-2H3. The van der Waals surface area contributed by atoms with E-state index in [1.807, 2.05) is 12.1 Å². The summed E-state index contributed by atoms with van der Waals surface area (Å²) in [5.74, 6) is -0.150. The molecule has 1 atom stereocenters. The first-order chi connectivity index (χ1) is 7.76. The van der Waals surface area contributed by atoms with Crippen LogP contribution in [0.4, 0.5) is 4.39 Å². The van der Waals surface area contributed by atoms with Gasteiger partial charge in [-0.1, -0.05) is 26.0 Å². The lowest BCUT2D eigenvalue weighted by molar-refractivity contribution is 0.467. The first kappa shape index (κ1) is 13.2. The molecule has 0 radical (unpaired) electrons. The van der Waals surface area contributed by atoms with Crippen molar-refractivity contribution in [2.45, 2.75) is 45.6 Å². The largest absolute Gasteiger partial charge is 0.314 e. The third-order valence-electron chi connectivity index (χ3n) is 2.92. The number of halogens is 1. The molecule has 1 aromatic rings. The Morgan fingerprint density at radius 2 is 1.88 bits per heavy atom. The molecule has 0 amide bonds. The van der Waals surface area contributed by atoms with E-state index < -0.39 is 0 Å². The van der Waals surface area contributed by atoms with E-state index in [0.29, 0.717) is 6.04 Å². The molecule has 0 aliphatic heterocycles. The summed E-state index contributed by atoms with van der Waals surface area (Å²) in [5, 5.41) is 3.47. The molecule has 90 valence electrons. The van der Waals surface area contributed by atoms with E-state index in [1.54, 1.807) is 0 Å². The normalized spacial score (nSPS) is 12.7. The summed E-state index contributed by atoms with van der Waals surface area (Å²) in [5.41, 5.74) is 1.23. The highest BCUT2D eigenvalue weighted by molar-refractivity contribution is 5.15. The second-order valence-corrected chi connectivity index (χ2v) is 4.18. The van der Waals surface area contributed by atoms with Gasteiger partial charge >= 0.3 is 0 Å². The Bertz CT molecular complexity index is 281. The van der Waals surface area contributed by atoms with Gasteiger partial charge in [0.2, 0.25) is 0 Å². The highest BCUT2D eigenvalue weighted by atomic mass is 19.1. The van der Waals surface area contributed by atoms with Gasteiger partial charge in [-0.15, -0.1) is 0 Å². The molecule has 0 bridgehead atoms. The topological polar surface area (TPSA) is 12.0 Å². The van der Waals surface area contributed by atoms with Crippen molar-refractivity contribution < 1.29 is 4.39 Å². The van der Waals surface area contributed by atoms with Crippen molar-refractivity contribution in [3.05, 3.63) is 35.6 Å². The van der Waals surface area contributed by atoms with Crippen LogP contribution in [0.2, 0.25) is 0 Å². The minimum atomic E-state index is -0.150. The number of benzene rings is 1. The first-order valence-electron chi connectivity index (χ1n) is 6.24.